The molecule has 2 N–H and O–H groups in total. The molecule has 0 aliphatic carbocycles. The van der Waals surface area contributed by atoms with Crippen LogP contribution in [-0.4, -0.2) is 26.3 Å². The van der Waals surface area contributed by atoms with Crippen LogP contribution in [0, 0.1) is 5.82 Å². The molecular weight excluding hydrogens is 243 g/mol. The monoisotopic (exact) mass is 258 g/mol. The van der Waals surface area contributed by atoms with E-state index in [1.165, 1.54) is 6.07 Å². The van der Waals surface area contributed by atoms with Crippen LogP contribution in [0.15, 0.2) is 12.1 Å². The van der Waals surface area contributed by atoms with Gasteiger partial charge in [-0.05, 0) is 18.9 Å². The predicted molar refractivity (Wildman–Crippen MR) is 68.4 cm³/mol. The summed E-state index contributed by atoms with van der Waals surface area (Å²) in [5.41, 5.74) is 1.64. The molecule has 0 radical (unpaired) electrons. The van der Waals surface area contributed by atoms with Crippen molar-refractivity contribution in [1.29, 1.82) is 0 Å². The number of hydrogen-bond acceptors (Lipinski definition) is 3. The van der Waals surface area contributed by atoms with Crippen molar-refractivity contribution in [3.8, 4) is 0 Å². The van der Waals surface area contributed by atoms with Crippen LogP contribution in [0.25, 0.3) is 0 Å². The molecule has 0 saturated carbocycles. The lowest BCUT2D eigenvalue weighted by molar-refractivity contribution is 0.191. The molecule has 1 aliphatic heterocycles. The number of hydrogen-bond donors (Lipinski definition) is 2. The van der Waals surface area contributed by atoms with Crippen molar-refractivity contribution in [1.82, 2.24) is 0 Å². The summed E-state index contributed by atoms with van der Waals surface area (Å²) >= 11 is 5.76. The molecule has 0 fully saturated rings. The van der Waals surface area contributed by atoms with E-state index >= 15 is 0 Å². The minimum Gasteiger partial charge on any atom is -0.385 e. The Bertz CT molecular complexity index is 400. The summed E-state index contributed by atoms with van der Waals surface area (Å²) in [6.07, 6.45) is 2.01. The normalized spacial score (nSPS) is 18.2. The molecule has 5 heteroatoms. The molecule has 1 aliphatic rings. The molecule has 1 aromatic carbocycles. The van der Waals surface area contributed by atoms with Gasteiger partial charge in [-0.2, -0.15) is 0 Å². The Hall–Kier alpha value is -1.00. The van der Waals surface area contributed by atoms with E-state index in [-0.39, 0.29) is 5.02 Å². The van der Waals surface area contributed by atoms with Gasteiger partial charge in [0.1, 0.15) is 5.82 Å². The summed E-state index contributed by atoms with van der Waals surface area (Å²) < 4.78 is 18.3. The highest BCUT2D eigenvalue weighted by atomic mass is 35.5. The molecular formula is C12H16ClFN2O. The Morgan fingerprint density at radius 2 is 2.29 bits per heavy atom. The first kappa shape index (κ1) is 12.5. The van der Waals surface area contributed by atoms with Crippen LogP contribution in [0.5, 0.6) is 0 Å². The molecule has 0 amide bonds. The van der Waals surface area contributed by atoms with E-state index in [2.05, 4.69) is 10.6 Å². The molecule has 0 aromatic heterocycles. The van der Waals surface area contributed by atoms with E-state index in [9.17, 15) is 4.39 Å². The number of ether oxygens (including phenoxy) is 1. The zero-order valence-electron chi connectivity index (χ0n) is 9.72. The second-order valence-electron chi connectivity index (χ2n) is 4.17. The van der Waals surface area contributed by atoms with Crippen LogP contribution in [0.4, 0.5) is 15.8 Å². The molecule has 1 unspecified atom stereocenters. The Kier molecular flexibility index (Phi) is 4.07. The maximum absolute atomic E-state index is 13.2. The molecule has 1 heterocycles. The van der Waals surface area contributed by atoms with Gasteiger partial charge in [-0.3, -0.25) is 0 Å². The molecule has 17 heavy (non-hydrogen) atoms. The topological polar surface area (TPSA) is 33.3 Å². The Balaban J connectivity index is 2.00. The number of halogens is 2. The maximum Gasteiger partial charge on any atom is 0.143 e. The van der Waals surface area contributed by atoms with Gasteiger partial charge in [-0.1, -0.05) is 11.6 Å². The van der Waals surface area contributed by atoms with Gasteiger partial charge in [0, 0.05) is 32.4 Å². The van der Waals surface area contributed by atoms with Crippen molar-refractivity contribution in [2.75, 3.05) is 30.9 Å². The van der Waals surface area contributed by atoms with Gasteiger partial charge < -0.3 is 15.4 Å². The third-order valence-electron chi connectivity index (χ3n) is 2.86. The van der Waals surface area contributed by atoms with Crippen molar-refractivity contribution < 1.29 is 9.13 Å². The van der Waals surface area contributed by atoms with Crippen molar-refractivity contribution in [2.24, 2.45) is 0 Å². The van der Waals surface area contributed by atoms with Gasteiger partial charge in [0.25, 0.3) is 0 Å². The number of nitrogens with one attached hydrogen (secondary N) is 2. The van der Waals surface area contributed by atoms with Gasteiger partial charge in [0.2, 0.25) is 0 Å². The summed E-state index contributed by atoms with van der Waals surface area (Å²) in [6.45, 7) is 1.55. The average molecular weight is 259 g/mol. The number of benzene rings is 1. The molecule has 3 nitrogen and oxygen atoms in total. The highest BCUT2D eigenvalue weighted by molar-refractivity contribution is 6.31. The third-order valence-corrected chi connectivity index (χ3v) is 3.15. The summed E-state index contributed by atoms with van der Waals surface area (Å²) in [6, 6.07) is 3.39. The van der Waals surface area contributed by atoms with E-state index in [1.807, 2.05) is 0 Å². The van der Waals surface area contributed by atoms with Crippen LogP contribution < -0.4 is 10.6 Å². The largest absolute Gasteiger partial charge is 0.385 e. The zero-order valence-corrected chi connectivity index (χ0v) is 10.5. The second-order valence-corrected chi connectivity index (χ2v) is 4.58. The smallest absolute Gasteiger partial charge is 0.143 e. The van der Waals surface area contributed by atoms with E-state index in [4.69, 9.17) is 16.3 Å². The van der Waals surface area contributed by atoms with Gasteiger partial charge in [-0.25, -0.2) is 4.39 Å². The molecule has 1 atom stereocenters. The zero-order chi connectivity index (χ0) is 12.3. The van der Waals surface area contributed by atoms with Crippen molar-refractivity contribution >= 4 is 23.0 Å². The van der Waals surface area contributed by atoms with Gasteiger partial charge in [0.05, 0.1) is 16.4 Å². The predicted octanol–water partition coefficient (Wildman–Crippen LogP) is 3.11. The number of methoxy groups -OCH3 is 1. The van der Waals surface area contributed by atoms with Gasteiger partial charge in [-0.15, -0.1) is 0 Å². The standard InChI is InChI=1S/C12H16ClFN2O/c1-17-4-2-3-8-7-15-11-6-10(14)9(13)5-12(11)16-8/h5-6,8,15-16H,2-4,7H2,1H3. The van der Waals surface area contributed by atoms with Crippen LogP contribution in [-0.2, 0) is 4.74 Å². The van der Waals surface area contributed by atoms with Crippen LogP contribution in [0.2, 0.25) is 5.02 Å². The minimum atomic E-state index is -0.391. The molecule has 0 spiro atoms. The fourth-order valence-corrected chi connectivity index (χ4v) is 2.13. The minimum absolute atomic E-state index is 0.149. The first-order valence-electron chi connectivity index (χ1n) is 5.69. The SMILES string of the molecule is COCCCC1CNc2cc(F)c(Cl)cc2N1. The van der Waals surface area contributed by atoms with E-state index in [0.29, 0.717) is 6.04 Å². The first-order valence-corrected chi connectivity index (χ1v) is 6.07. The van der Waals surface area contributed by atoms with Crippen LogP contribution >= 0.6 is 11.6 Å². The summed E-state index contributed by atoms with van der Waals surface area (Å²) in [5.74, 6) is -0.391. The Morgan fingerprint density at radius 1 is 1.47 bits per heavy atom. The highest BCUT2D eigenvalue weighted by Crippen LogP contribution is 2.31. The third kappa shape index (κ3) is 3.01. The lowest BCUT2D eigenvalue weighted by Gasteiger charge is -2.28. The molecule has 94 valence electrons. The van der Waals surface area contributed by atoms with Crippen LogP contribution in [0.3, 0.4) is 0 Å². The van der Waals surface area contributed by atoms with Gasteiger partial charge in [0.15, 0.2) is 0 Å². The highest BCUT2D eigenvalue weighted by Gasteiger charge is 2.18. The van der Waals surface area contributed by atoms with E-state index < -0.39 is 5.82 Å². The number of fused-ring (bicyclic) bond motifs is 1. The number of anilines is 2. The first-order chi connectivity index (χ1) is 8.20. The van der Waals surface area contributed by atoms with E-state index in [1.54, 1.807) is 13.2 Å². The molecule has 2 rings (SSSR count). The summed E-state index contributed by atoms with van der Waals surface area (Å²) in [5, 5.41) is 6.71. The fraction of sp³-hybridized carbons (Fsp3) is 0.500. The second kappa shape index (κ2) is 5.56. The molecule has 0 saturated heterocycles. The lowest BCUT2D eigenvalue weighted by atomic mass is 10.1. The molecule has 0 bridgehead atoms. The van der Waals surface area contributed by atoms with Crippen molar-refractivity contribution in [3.05, 3.63) is 23.0 Å². The van der Waals surface area contributed by atoms with Crippen molar-refractivity contribution in [3.63, 3.8) is 0 Å². The van der Waals surface area contributed by atoms with Crippen molar-refractivity contribution in [2.45, 2.75) is 18.9 Å². The average Bonchev–Trinajstić information content (AvgIpc) is 2.31. The summed E-state index contributed by atoms with van der Waals surface area (Å²) in [7, 11) is 1.70. The Morgan fingerprint density at radius 3 is 3.06 bits per heavy atom. The Labute approximate surface area is 105 Å². The molecule has 1 aromatic rings. The fourth-order valence-electron chi connectivity index (χ4n) is 1.96. The maximum atomic E-state index is 13.2. The number of rotatable bonds is 4. The quantitative estimate of drug-likeness (QED) is 0.814. The summed E-state index contributed by atoms with van der Waals surface area (Å²) in [4.78, 5) is 0. The van der Waals surface area contributed by atoms with E-state index in [0.717, 1.165) is 37.4 Å². The van der Waals surface area contributed by atoms with Crippen LogP contribution in [0.1, 0.15) is 12.8 Å². The van der Waals surface area contributed by atoms with Gasteiger partial charge >= 0.3 is 0 Å². The lowest BCUT2D eigenvalue weighted by Crippen LogP contribution is -2.33.